The highest BCUT2D eigenvalue weighted by atomic mass is 16.5. The number of hydrogen-bond donors (Lipinski definition) is 5. The van der Waals surface area contributed by atoms with Crippen LogP contribution >= 0.6 is 0 Å². The number of rotatable bonds is 7. The van der Waals surface area contributed by atoms with Crippen LogP contribution in [0.25, 0.3) is 0 Å². The lowest BCUT2D eigenvalue weighted by Gasteiger charge is -2.29. The maximum Gasteiger partial charge on any atom is 0.273 e. The van der Waals surface area contributed by atoms with Crippen LogP contribution in [-0.2, 0) is 21.4 Å². The van der Waals surface area contributed by atoms with E-state index >= 15 is 0 Å². The van der Waals surface area contributed by atoms with E-state index in [9.17, 15) is 19.5 Å². The van der Waals surface area contributed by atoms with Crippen molar-refractivity contribution < 1.29 is 28.6 Å². The summed E-state index contributed by atoms with van der Waals surface area (Å²) in [5.74, 6) is -0.321. The molecular formula is C37H45N5O6. The maximum atomic E-state index is 14.2. The minimum atomic E-state index is -1.28. The standard InChI is InChI=1S/C37H45N5O6/c1-19(2)28-35-42-29(33(45)38-18-21-10-6-5-7-11-21)31(48-35)37-23-12-8-9-13-25(23)40-36(37)47-27-15-14-22(16-24(27)37)17-26(32(44)41-28)39-34(46)30(43)20(3)4/h8-9,12-16,19-21,26,28,30,36,40,43H,5-7,10-11,17-18H2,1-4H3,(H,38,45)(H,39,46)(H,41,44)/t26-,28-,30-,36-,37?/m0/s1. The number of hydrogen-bond acceptors (Lipinski definition) is 8. The molecule has 5 N–H and O–H groups in total. The van der Waals surface area contributed by atoms with Gasteiger partial charge in [0, 0.05) is 24.2 Å². The van der Waals surface area contributed by atoms with Crippen LogP contribution in [0, 0.1) is 17.8 Å². The van der Waals surface area contributed by atoms with Crippen LogP contribution in [0.5, 0.6) is 5.75 Å². The molecule has 5 atom stereocenters. The average Bonchev–Trinajstić information content (AvgIpc) is 3.74. The quantitative estimate of drug-likeness (QED) is 0.252. The van der Waals surface area contributed by atoms with Crippen molar-refractivity contribution in [2.24, 2.45) is 17.8 Å². The lowest BCUT2D eigenvalue weighted by molar-refractivity contribution is -0.135. The molecule has 11 heteroatoms. The molecule has 1 fully saturated rings. The second-order valence-electron chi connectivity index (χ2n) is 14.5. The summed E-state index contributed by atoms with van der Waals surface area (Å²) in [5, 5.41) is 23.1. The van der Waals surface area contributed by atoms with Gasteiger partial charge in [-0.05, 0) is 53.9 Å². The van der Waals surface area contributed by atoms with E-state index in [1.807, 2.05) is 56.3 Å². The van der Waals surface area contributed by atoms with Crippen molar-refractivity contribution in [1.29, 1.82) is 0 Å². The fourth-order valence-electron chi connectivity index (χ4n) is 7.73. The van der Waals surface area contributed by atoms with Gasteiger partial charge in [-0.15, -0.1) is 0 Å². The van der Waals surface area contributed by atoms with Gasteiger partial charge in [0.1, 0.15) is 29.4 Å². The number of aliphatic hydroxyl groups is 1. The molecule has 0 saturated heterocycles. The van der Waals surface area contributed by atoms with Gasteiger partial charge in [0.15, 0.2) is 17.7 Å². The van der Waals surface area contributed by atoms with Crippen molar-refractivity contribution in [2.45, 2.75) is 96.1 Å². The first-order chi connectivity index (χ1) is 23.1. The van der Waals surface area contributed by atoms with Crippen LogP contribution in [0.3, 0.4) is 0 Å². The Morgan fingerprint density at radius 3 is 2.56 bits per heavy atom. The van der Waals surface area contributed by atoms with Gasteiger partial charge in [-0.25, -0.2) is 4.98 Å². The number of amides is 3. The minimum absolute atomic E-state index is 0.162. The van der Waals surface area contributed by atoms with Crippen molar-refractivity contribution in [2.75, 3.05) is 11.9 Å². The molecule has 1 aliphatic carbocycles. The third-order valence-corrected chi connectivity index (χ3v) is 10.4. The van der Waals surface area contributed by atoms with Gasteiger partial charge in [-0.3, -0.25) is 14.4 Å². The number of anilines is 1. The molecule has 3 amide bonds. The fraction of sp³-hybridized carbons (Fsp3) is 0.514. The molecule has 48 heavy (non-hydrogen) atoms. The fourth-order valence-corrected chi connectivity index (χ4v) is 7.73. The molecule has 1 unspecified atom stereocenters. The van der Waals surface area contributed by atoms with E-state index in [0.29, 0.717) is 24.0 Å². The molecule has 3 aliphatic heterocycles. The van der Waals surface area contributed by atoms with E-state index in [1.165, 1.54) is 6.42 Å². The molecule has 4 aliphatic rings. The lowest BCUT2D eigenvalue weighted by atomic mass is 9.72. The van der Waals surface area contributed by atoms with Crippen molar-refractivity contribution >= 4 is 23.4 Å². The Bertz CT molecular complexity index is 1730. The molecular weight excluding hydrogens is 610 g/mol. The number of nitrogens with one attached hydrogen (secondary N) is 4. The number of nitrogens with zero attached hydrogens (tertiary/aromatic N) is 1. The predicted octanol–water partition coefficient (Wildman–Crippen LogP) is 4.33. The number of carbonyl (C=O) groups is 3. The van der Waals surface area contributed by atoms with E-state index in [-0.39, 0.29) is 35.7 Å². The van der Waals surface area contributed by atoms with Crippen LogP contribution in [0.2, 0.25) is 0 Å². The summed E-state index contributed by atoms with van der Waals surface area (Å²) in [4.78, 5) is 46.1. The summed E-state index contributed by atoms with van der Waals surface area (Å²) < 4.78 is 13.4. The predicted molar refractivity (Wildman–Crippen MR) is 178 cm³/mol. The van der Waals surface area contributed by atoms with Crippen molar-refractivity contribution in [3.63, 3.8) is 0 Å². The highest BCUT2D eigenvalue weighted by Crippen LogP contribution is 2.58. The molecule has 3 aromatic rings. The molecule has 1 saturated carbocycles. The normalized spacial score (nSPS) is 25.1. The summed E-state index contributed by atoms with van der Waals surface area (Å²) in [6.45, 7) is 7.91. The molecule has 4 bridgehead atoms. The average molecular weight is 656 g/mol. The Morgan fingerprint density at radius 1 is 1.04 bits per heavy atom. The molecule has 7 rings (SSSR count). The molecule has 1 aromatic heterocycles. The van der Waals surface area contributed by atoms with Crippen LogP contribution in [0.15, 0.2) is 46.9 Å². The molecule has 2 aromatic carbocycles. The number of benzene rings is 2. The van der Waals surface area contributed by atoms with Gasteiger partial charge in [-0.1, -0.05) is 77.3 Å². The number of carbonyl (C=O) groups excluding carboxylic acids is 3. The van der Waals surface area contributed by atoms with Gasteiger partial charge in [0.2, 0.25) is 17.7 Å². The first-order valence-corrected chi connectivity index (χ1v) is 17.3. The number of fused-ring (bicyclic) bond motifs is 4. The van der Waals surface area contributed by atoms with E-state index in [2.05, 4.69) is 21.3 Å². The minimum Gasteiger partial charge on any atom is -0.469 e. The number of aliphatic hydroxyl groups excluding tert-OH is 1. The monoisotopic (exact) mass is 655 g/mol. The smallest absolute Gasteiger partial charge is 0.273 e. The second-order valence-corrected chi connectivity index (χ2v) is 14.5. The Hall–Kier alpha value is -4.38. The van der Waals surface area contributed by atoms with E-state index in [4.69, 9.17) is 14.1 Å². The number of aromatic nitrogens is 1. The molecule has 0 radical (unpaired) electrons. The van der Waals surface area contributed by atoms with Gasteiger partial charge in [0.05, 0.1) is 0 Å². The van der Waals surface area contributed by atoms with Gasteiger partial charge >= 0.3 is 0 Å². The lowest BCUT2D eigenvalue weighted by Crippen LogP contribution is -2.52. The summed E-state index contributed by atoms with van der Waals surface area (Å²) in [6.07, 6.45) is 3.98. The Labute approximate surface area is 280 Å². The van der Waals surface area contributed by atoms with E-state index in [1.54, 1.807) is 13.8 Å². The first kappa shape index (κ1) is 32.2. The van der Waals surface area contributed by atoms with E-state index < -0.39 is 41.6 Å². The second kappa shape index (κ2) is 12.6. The first-order valence-electron chi connectivity index (χ1n) is 17.3. The topological polar surface area (TPSA) is 155 Å². The zero-order chi connectivity index (χ0) is 33.7. The van der Waals surface area contributed by atoms with Gasteiger partial charge < -0.3 is 35.5 Å². The largest absolute Gasteiger partial charge is 0.469 e. The maximum absolute atomic E-state index is 14.2. The highest BCUT2D eigenvalue weighted by molar-refractivity contribution is 5.95. The van der Waals surface area contributed by atoms with Crippen LogP contribution < -0.4 is 26.0 Å². The summed E-state index contributed by atoms with van der Waals surface area (Å²) >= 11 is 0. The molecule has 1 spiro atoms. The van der Waals surface area contributed by atoms with Crippen molar-refractivity contribution in [1.82, 2.24) is 20.9 Å². The van der Waals surface area contributed by atoms with Crippen molar-refractivity contribution in [3.05, 3.63) is 76.5 Å². The zero-order valence-electron chi connectivity index (χ0n) is 28.0. The third-order valence-electron chi connectivity index (χ3n) is 10.4. The van der Waals surface area contributed by atoms with Crippen molar-refractivity contribution in [3.8, 4) is 5.75 Å². The van der Waals surface area contributed by atoms with Crippen LogP contribution in [0.4, 0.5) is 5.69 Å². The summed E-state index contributed by atoms with van der Waals surface area (Å²) in [7, 11) is 0. The van der Waals surface area contributed by atoms with E-state index in [0.717, 1.165) is 48.1 Å². The molecule has 11 nitrogen and oxygen atoms in total. The van der Waals surface area contributed by atoms with Gasteiger partial charge in [0.25, 0.3) is 5.91 Å². The molecule has 4 heterocycles. The van der Waals surface area contributed by atoms with Crippen LogP contribution in [-0.4, -0.2) is 52.7 Å². The van der Waals surface area contributed by atoms with Crippen LogP contribution in [0.1, 0.15) is 105 Å². The Balaban J connectivity index is 1.39. The number of para-hydroxylation sites is 1. The Kier molecular flexibility index (Phi) is 8.43. The SMILES string of the molecule is CC(C)[C@H](O)C(=O)N[C@H]1Cc2ccc3c(c2)C2(c4ccccc4N[C@H]2O3)c2oc(nc2C(=O)NCC2CCCCC2)[C@H](C(C)C)NC1=O. The third kappa shape index (κ3) is 5.41. The number of ether oxygens (including phenoxy) is 1. The zero-order valence-corrected chi connectivity index (χ0v) is 28.0. The molecule has 254 valence electrons. The number of oxazole rings is 1. The summed E-state index contributed by atoms with van der Waals surface area (Å²) in [6, 6.07) is 11.9. The van der Waals surface area contributed by atoms with Gasteiger partial charge in [-0.2, -0.15) is 0 Å². The Morgan fingerprint density at radius 2 is 1.81 bits per heavy atom. The highest BCUT2D eigenvalue weighted by Gasteiger charge is 2.61. The summed E-state index contributed by atoms with van der Waals surface area (Å²) in [5.41, 5.74) is 2.39.